The van der Waals surface area contributed by atoms with Gasteiger partial charge in [0.15, 0.2) is 6.10 Å². The van der Waals surface area contributed by atoms with Gasteiger partial charge >= 0.3 is 0 Å². The molecule has 76 valence electrons. The molecule has 1 aromatic rings. The number of hydrogen-bond acceptors (Lipinski definition) is 2. The molecule has 0 aromatic heterocycles. The summed E-state index contributed by atoms with van der Waals surface area (Å²) in [6, 6.07) is 4.92. The predicted molar refractivity (Wildman–Crippen MR) is 57.1 cm³/mol. The second-order valence-electron chi connectivity index (χ2n) is 2.56. The molecule has 0 aliphatic carbocycles. The number of methoxy groups -OCH3 is 1. The molecule has 0 fully saturated rings. The molecule has 0 spiro atoms. The van der Waals surface area contributed by atoms with Crippen molar-refractivity contribution < 1.29 is 9.53 Å². The zero-order chi connectivity index (χ0) is 10.7. The minimum Gasteiger partial charge on any atom is -0.367 e. The van der Waals surface area contributed by atoms with Gasteiger partial charge in [0, 0.05) is 22.7 Å². The van der Waals surface area contributed by atoms with E-state index in [2.05, 4.69) is 0 Å². The fraction of sp³-hybridized carbons (Fsp3) is 0.222. The number of hydrogen-bond donors (Lipinski definition) is 0. The largest absolute Gasteiger partial charge is 0.367 e. The number of rotatable bonds is 3. The van der Waals surface area contributed by atoms with Crippen LogP contribution in [0.25, 0.3) is 0 Å². The highest BCUT2D eigenvalue weighted by molar-refractivity contribution is 6.64. The molecule has 2 nitrogen and oxygen atoms in total. The average Bonchev–Trinajstić information content (AvgIpc) is 2.10. The fourth-order valence-corrected chi connectivity index (χ4v) is 1.88. The van der Waals surface area contributed by atoms with Crippen LogP contribution in [0.3, 0.4) is 0 Å². The van der Waals surface area contributed by atoms with E-state index in [1.54, 1.807) is 18.2 Å². The highest BCUT2D eigenvalue weighted by atomic mass is 35.5. The van der Waals surface area contributed by atoms with Crippen LogP contribution >= 0.6 is 34.8 Å². The Morgan fingerprint density at radius 3 is 2.21 bits per heavy atom. The van der Waals surface area contributed by atoms with E-state index in [1.807, 2.05) is 0 Å². The number of ether oxygens (including phenoxy) is 1. The van der Waals surface area contributed by atoms with E-state index >= 15 is 0 Å². The molecule has 0 bridgehead atoms. The Morgan fingerprint density at radius 1 is 1.36 bits per heavy atom. The topological polar surface area (TPSA) is 26.3 Å². The van der Waals surface area contributed by atoms with E-state index in [9.17, 15) is 4.79 Å². The van der Waals surface area contributed by atoms with E-state index in [0.29, 0.717) is 15.6 Å². The third-order valence-corrected chi connectivity index (χ3v) is 2.56. The Morgan fingerprint density at radius 2 is 1.86 bits per heavy atom. The molecule has 0 amide bonds. The van der Waals surface area contributed by atoms with Crippen LogP contribution in [0.15, 0.2) is 18.2 Å². The van der Waals surface area contributed by atoms with Crippen LogP contribution in [0.1, 0.15) is 11.7 Å². The molecular formula is C9H7Cl3O2. The highest BCUT2D eigenvalue weighted by Gasteiger charge is 2.23. The zero-order valence-corrected chi connectivity index (χ0v) is 9.53. The van der Waals surface area contributed by atoms with Crippen LogP contribution in [0.4, 0.5) is 0 Å². The van der Waals surface area contributed by atoms with Crippen molar-refractivity contribution in [3.63, 3.8) is 0 Å². The smallest absolute Gasteiger partial charge is 0.255 e. The lowest BCUT2D eigenvalue weighted by Gasteiger charge is -2.13. The lowest BCUT2D eigenvalue weighted by atomic mass is 10.1. The molecule has 1 aromatic carbocycles. The summed E-state index contributed by atoms with van der Waals surface area (Å²) in [5.74, 6) is 0. The second-order valence-corrected chi connectivity index (χ2v) is 3.74. The lowest BCUT2D eigenvalue weighted by molar-refractivity contribution is -0.121. The van der Waals surface area contributed by atoms with Crippen LogP contribution in [0.2, 0.25) is 10.0 Å². The van der Waals surface area contributed by atoms with Crippen LogP contribution in [0, 0.1) is 0 Å². The highest BCUT2D eigenvalue weighted by Crippen LogP contribution is 2.33. The first-order valence-electron chi connectivity index (χ1n) is 3.74. The molecular weight excluding hydrogens is 246 g/mol. The quantitative estimate of drug-likeness (QED) is 0.771. The summed E-state index contributed by atoms with van der Waals surface area (Å²) in [4.78, 5) is 11.0. The maximum absolute atomic E-state index is 11.0. The SMILES string of the molecule is CO[C@@H](C(=O)Cl)c1c(Cl)cccc1Cl. The number of halogens is 3. The Hall–Kier alpha value is -0.280. The van der Waals surface area contributed by atoms with Gasteiger partial charge in [0.05, 0.1) is 0 Å². The molecule has 1 rings (SSSR count). The Bertz CT molecular complexity index is 332. The molecule has 0 aliphatic rings. The van der Waals surface area contributed by atoms with Gasteiger partial charge < -0.3 is 4.74 Å². The third-order valence-electron chi connectivity index (χ3n) is 1.70. The third kappa shape index (κ3) is 2.39. The summed E-state index contributed by atoms with van der Waals surface area (Å²) in [5.41, 5.74) is 0.401. The standard InChI is InChI=1S/C9H7Cl3O2/c1-14-8(9(12)13)7-5(10)3-2-4-6(7)11/h2-4,8H,1H3/t8-/m1/s1. The summed E-state index contributed by atoms with van der Waals surface area (Å²) >= 11 is 17.1. The van der Waals surface area contributed by atoms with Crippen molar-refractivity contribution in [2.75, 3.05) is 7.11 Å². The van der Waals surface area contributed by atoms with Gasteiger partial charge in [-0.3, -0.25) is 4.79 Å². The lowest BCUT2D eigenvalue weighted by Crippen LogP contribution is -2.10. The minimum atomic E-state index is -0.919. The van der Waals surface area contributed by atoms with E-state index in [0.717, 1.165) is 0 Å². The number of carbonyl (C=O) groups excluding carboxylic acids is 1. The van der Waals surface area contributed by atoms with Gasteiger partial charge in [-0.15, -0.1) is 0 Å². The normalized spacial score (nSPS) is 12.6. The fourth-order valence-electron chi connectivity index (χ4n) is 1.09. The summed E-state index contributed by atoms with van der Waals surface area (Å²) in [6.45, 7) is 0. The molecule has 0 radical (unpaired) electrons. The van der Waals surface area contributed by atoms with E-state index in [4.69, 9.17) is 39.5 Å². The van der Waals surface area contributed by atoms with Crippen molar-refractivity contribution in [3.8, 4) is 0 Å². The Balaban J connectivity index is 3.22. The van der Waals surface area contributed by atoms with Gasteiger partial charge in [0.1, 0.15) is 0 Å². The minimum absolute atomic E-state index is 0.360. The van der Waals surface area contributed by atoms with Crippen molar-refractivity contribution in [1.82, 2.24) is 0 Å². The predicted octanol–water partition coefficient (Wildman–Crippen LogP) is 3.45. The monoisotopic (exact) mass is 252 g/mol. The summed E-state index contributed by atoms with van der Waals surface area (Å²) in [6.07, 6.45) is -0.919. The van der Waals surface area contributed by atoms with Gasteiger partial charge in [0.2, 0.25) is 0 Å². The van der Waals surface area contributed by atoms with Gasteiger partial charge in [0.25, 0.3) is 5.24 Å². The van der Waals surface area contributed by atoms with Crippen LogP contribution in [-0.2, 0) is 9.53 Å². The van der Waals surface area contributed by atoms with Crippen LogP contribution in [0.5, 0.6) is 0 Å². The molecule has 5 heteroatoms. The van der Waals surface area contributed by atoms with E-state index < -0.39 is 11.3 Å². The van der Waals surface area contributed by atoms with Crippen LogP contribution in [-0.4, -0.2) is 12.4 Å². The summed E-state index contributed by atoms with van der Waals surface area (Å²) < 4.78 is 4.91. The van der Waals surface area contributed by atoms with Gasteiger partial charge in [-0.2, -0.15) is 0 Å². The molecule has 1 atom stereocenters. The molecule has 0 heterocycles. The first kappa shape index (κ1) is 11.8. The second kappa shape index (κ2) is 4.99. The van der Waals surface area contributed by atoms with Crippen molar-refractivity contribution in [2.45, 2.75) is 6.10 Å². The van der Waals surface area contributed by atoms with E-state index in [-0.39, 0.29) is 0 Å². The molecule has 0 saturated carbocycles. The van der Waals surface area contributed by atoms with Crippen molar-refractivity contribution >= 4 is 40.0 Å². The summed E-state index contributed by atoms with van der Waals surface area (Å²) in [7, 11) is 1.37. The zero-order valence-electron chi connectivity index (χ0n) is 7.26. The maximum atomic E-state index is 11.0. The van der Waals surface area contributed by atoms with Gasteiger partial charge in [-0.25, -0.2) is 0 Å². The number of benzene rings is 1. The molecule has 0 unspecified atom stereocenters. The molecule has 0 saturated heterocycles. The average molecular weight is 254 g/mol. The van der Waals surface area contributed by atoms with Crippen molar-refractivity contribution in [3.05, 3.63) is 33.8 Å². The van der Waals surface area contributed by atoms with Crippen molar-refractivity contribution in [2.24, 2.45) is 0 Å². The Labute approximate surface area is 96.7 Å². The molecule has 0 aliphatic heterocycles. The first-order chi connectivity index (χ1) is 6.57. The van der Waals surface area contributed by atoms with Gasteiger partial charge in [-0.1, -0.05) is 29.3 Å². The Kier molecular flexibility index (Phi) is 4.20. The van der Waals surface area contributed by atoms with Crippen LogP contribution < -0.4 is 0 Å². The summed E-state index contributed by atoms with van der Waals surface area (Å²) in [5, 5.41) is 0.0687. The molecule has 14 heavy (non-hydrogen) atoms. The van der Waals surface area contributed by atoms with Gasteiger partial charge in [-0.05, 0) is 23.7 Å². The van der Waals surface area contributed by atoms with Crippen molar-refractivity contribution in [1.29, 1.82) is 0 Å². The van der Waals surface area contributed by atoms with E-state index in [1.165, 1.54) is 7.11 Å². The molecule has 0 N–H and O–H groups in total. The number of carbonyl (C=O) groups is 1. The first-order valence-corrected chi connectivity index (χ1v) is 4.87. The maximum Gasteiger partial charge on any atom is 0.255 e.